The van der Waals surface area contributed by atoms with Gasteiger partial charge in [0.05, 0.1) is 0 Å². The van der Waals surface area contributed by atoms with Crippen LogP contribution in [0.15, 0.2) is 0 Å². The molecule has 0 amide bonds. The van der Waals surface area contributed by atoms with Crippen LogP contribution in [0.5, 0.6) is 0 Å². The van der Waals surface area contributed by atoms with E-state index in [2.05, 4.69) is 25.6 Å². The van der Waals surface area contributed by atoms with Crippen molar-refractivity contribution in [1.82, 2.24) is 0 Å². The predicted octanol–water partition coefficient (Wildman–Crippen LogP) is 7.63. The van der Waals surface area contributed by atoms with Crippen molar-refractivity contribution in [3.05, 3.63) is 0 Å². The zero-order valence-electron chi connectivity index (χ0n) is 16.3. The minimum atomic E-state index is 0.966. The Labute approximate surface area is 151 Å². The minimum absolute atomic E-state index is 0.966. The average Bonchev–Trinajstić information content (AvgIpc) is 2.57. The maximum atomic E-state index is 5.59. The first kappa shape index (κ1) is 23.3. The molecule has 0 N–H and O–H groups in total. The van der Waals surface area contributed by atoms with E-state index in [4.69, 9.17) is 4.74 Å². The third-order valence-electron chi connectivity index (χ3n) is 4.42. The Morgan fingerprint density at radius 3 is 1.43 bits per heavy atom. The van der Waals surface area contributed by atoms with Crippen molar-refractivity contribution >= 4 is 11.8 Å². The fourth-order valence-corrected chi connectivity index (χ4v) is 3.54. The van der Waals surface area contributed by atoms with Crippen molar-refractivity contribution in [2.75, 3.05) is 24.7 Å². The number of ether oxygens (including phenoxy) is 1. The molecule has 0 atom stereocenters. The first-order valence-electron chi connectivity index (χ1n) is 10.6. The lowest BCUT2D eigenvalue weighted by molar-refractivity contribution is 0.127. The molecule has 0 fully saturated rings. The van der Waals surface area contributed by atoms with Crippen LogP contribution in [0.4, 0.5) is 0 Å². The summed E-state index contributed by atoms with van der Waals surface area (Å²) in [4.78, 5) is 0. The van der Waals surface area contributed by atoms with E-state index in [9.17, 15) is 0 Å². The lowest BCUT2D eigenvalue weighted by atomic mass is 10.0. The van der Waals surface area contributed by atoms with E-state index in [0.29, 0.717) is 0 Å². The first-order chi connectivity index (χ1) is 11.4. The molecular formula is C21H44OS. The van der Waals surface area contributed by atoms with Gasteiger partial charge in [-0.1, -0.05) is 90.9 Å². The highest BCUT2D eigenvalue weighted by Gasteiger charge is 1.95. The monoisotopic (exact) mass is 344 g/mol. The van der Waals surface area contributed by atoms with Crippen LogP contribution in [-0.4, -0.2) is 24.7 Å². The van der Waals surface area contributed by atoms with Gasteiger partial charge in [-0.2, -0.15) is 11.8 Å². The summed E-state index contributed by atoms with van der Waals surface area (Å²) in [6, 6.07) is 0. The van der Waals surface area contributed by atoms with Crippen LogP contribution in [0.1, 0.15) is 110 Å². The van der Waals surface area contributed by atoms with E-state index in [-0.39, 0.29) is 0 Å². The molecule has 0 radical (unpaired) electrons. The third-order valence-corrected chi connectivity index (χ3v) is 5.41. The standard InChI is InChI=1S/C21H44OS/c1-3-5-19-22-20-17-15-13-11-9-7-6-8-10-12-14-16-18-21-23-4-2/h3-21H2,1-2H3. The van der Waals surface area contributed by atoms with Gasteiger partial charge in [0.15, 0.2) is 0 Å². The summed E-state index contributed by atoms with van der Waals surface area (Å²) in [5.41, 5.74) is 0. The zero-order chi connectivity index (χ0) is 16.8. The first-order valence-corrected chi connectivity index (χ1v) is 11.7. The van der Waals surface area contributed by atoms with Crippen LogP contribution in [0, 0.1) is 0 Å². The van der Waals surface area contributed by atoms with E-state index in [1.54, 1.807) is 0 Å². The van der Waals surface area contributed by atoms with E-state index in [1.165, 1.54) is 108 Å². The minimum Gasteiger partial charge on any atom is -0.381 e. The second kappa shape index (κ2) is 22.3. The molecule has 0 unspecified atom stereocenters. The molecule has 0 saturated carbocycles. The van der Waals surface area contributed by atoms with E-state index >= 15 is 0 Å². The van der Waals surface area contributed by atoms with Gasteiger partial charge in [0.25, 0.3) is 0 Å². The van der Waals surface area contributed by atoms with Crippen molar-refractivity contribution in [2.45, 2.75) is 110 Å². The van der Waals surface area contributed by atoms with Gasteiger partial charge in [-0.3, -0.25) is 0 Å². The van der Waals surface area contributed by atoms with Crippen LogP contribution in [0.2, 0.25) is 0 Å². The SMILES string of the molecule is CCCCOCCCCCCCCCCCCCCCSCC. The van der Waals surface area contributed by atoms with Gasteiger partial charge in [-0.15, -0.1) is 0 Å². The van der Waals surface area contributed by atoms with Crippen LogP contribution in [-0.2, 0) is 4.74 Å². The number of hydrogen-bond donors (Lipinski definition) is 0. The number of rotatable bonds is 20. The average molecular weight is 345 g/mol. The fraction of sp³-hybridized carbons (Fsp3) is 1.00. The Kier molecular flexibility index (Phi) is 22.6. The molecule has 2 heteroatoms. The molecule has 1 nitrogen and oxygen atoms in total. The van der Waals surface area contributed by atoms with Gasteiger partial charge < -0.3 is 4.74 Å². The summed E-state index contributed by atoms with van der Waals surface area (Å²) in [5, 5.41) is 0. The molecule has 0 heterocycles. The normalized spacial score (nSPS) is 11.2. The van der Waals surface area contributed by atoms with Crippen LogP contribution >= 0.6 is 11.8 Å². The van der Waals surface area contributed by atoms with Gasteiger partial charge in [0, 0.05) is 13.2 Å². The van der Waals surface area contributed by atoms with Gasteiger partial charge in [0.1, 0.15) is 0 Å². The lowest BCUT2D eigenvalue weighted by Gasteiger charge is -2.04. The molecule has 0 spiro atoms. The summed E-state index contributed by atoms with van der Waals surface area (Å²) in [6.45, 7) is 6.43. The van der Waals surface area contributed by atoms with Gasteiger partial charge in [0.2, 0.25) is 0 Å². The quantitative estimate of drug-likeness (QED) is 0.210. The number of hydrogen-bond acceptors (Lipinski definition) is 2. The molecule has 140 valence electrons. The molecular weight excluding hydrogens is 300 g/mol. The Hall–Kier alpha value is 0.310. The molecule has 0 aliphatic carbocycles. The third kappa shape index (κ3) is 22.3. The zero-order valence-corrected chi connectivity index (χ0v) is 17.1. The molecule has 0 aromatic heterocycles. The molecule has 0 aliphatic rings. The molecule has 0 saturated heterocycles. The molecule has 0 aromatic rings. The van der Waals surface area contributed by atoms with Gasteiger partial charge >= 0.3 is 0 Å². The van der Waals surface area contributed by atoms with Gasteiger partial charge in [-0.05, 0) is 30.8 Å². The summed E-state index contributed by atoms with van der Waals surface area (Å²) >= 11 is 2.09. The molecule has 23 heavy (non-hydrogen) atoms. The van der Waals surface area contributed by atoms with Crippen molar-refractivity contribution in [2.24, 2.45) is 0 Å². The van der Waals surface area contributed by atoms with Gasteiger partial charge in [-0.25, -0.2) is 0 Å². The summed E-state index contributed by atoms with van der Waals surface area (Å²) in [7, 11) is 0. The highest BCUT2D eigenvalue weighted by atomic mass is 32.2. The molecule has 0 aromatic carbocycles. The summed E-state index contributed by atoms with van der Waals surface area (Å²) in [6.07, 6.45) is 21.1. The van der Waals surface area contributed by atoms with Crippen molar-refractivity contribution in [3.8, 4) is 0 Å². The van der Waals surface area contributed by atoms with E-state index < -0.39 is 0 Å². The van der Waals surface area contributed by atoms with Crippen molar-refractivity contribution in [1.29, 1.82) is 0 Å². The second-order valence-corrected chi connectivity index (χ2v) is 8.15. The maximum absolute atomic E-state index is 5.59. The van der Waals surface area contributed by atoms with Crippen LogP contribution < -0.4 is 0 Å². The van der Waals surface area contributed by atoms with E-state index in [0.717, 1.165) is 13.2 Å². The highest BCUT2D eigenvalue weighted by molar-refractivity contribution is 7.99. The topological polar surface area (TPSA) is 9.23 Å². The molecule has 0 aliphatic heterocycles. The Balaban J connectivity index is 2.92. The Morgan fingerprint density at radius 1 is 0.522 bits per heavy atom. The van der Waals surface area contributed by atoms with Crippen molar-refractivity contribution < 1.29 is 4.74 Å². The van der Waals surface area contributed by atoms with Crippen LogP contribution in [0.3, 0.4) is 0 Å². The smallest absolute Gasteiger partial charge is 0.0466 e. The molecule has 0 bridgehead atoms. The van der Waals surface area contributed by atoms with Crippen molar-refractivity contribution in [3.63, 3.8) is 0 Å². The lowest BCUT2D eigenvalue weighted by Crippen LogP contribution is -1.96. The predicted molar refractivity (Wildman–Crippen MR) is 109 cm³/mol. The largest absolute Gasteiger partial charge is 0.381 e. The molecule has 0 rings (SSSR count). The summed E-state index contributed by atoms with van der Waals surface area (Å²) < 4.78 is 5.59. The summed E-state index contributed by atoms with van der Waals surface area (Å²) in [5.74, 6) is 2.66. The van der Waals surface area contributed by atoms with E-state index in [1.807, 2.05) is 0 Å². The maximum Gasteiger partial charge on any atom is 0.0466 e. The Morgan fingerprint density at radius 2 is 0.957 bits per heavy atom. The fourth-order valence-electron chi connectivity index (χ4n) is 2.85. The Bertz CT molecular complexity index is 176. The number of unbranched alkanes of at least 4 members (excludes halogenated alkanes) is 13. The number of thioether (sulfide) groups is 1. The van der Waals surface area contributed by atoms with Crippen LogP contribution in [0.25, 0.3) is 0 Å². The highest BCUT2D eigenvalue weighted by Crippen LogP contribution is 2.13. The second-order valence-electron chi connectivity index (χ2n) is 6.76.